The van der Waals surface area contributed by atoms with Gasteiger partial charge in [0.2, 0.25) is 0 Å². The Kier molecular flexibility index (Phi) is 5.66. The van der Waals surface area contributed by atoms with Crippen molar-refractivity contribution in [1.82, 2.24) is 4.41 Å². The van der Waals surface area contributed by atoms with Crippen LogP contribution in [0, 0.1) is 6.92 Å². The smallest absolute Gasteiger partial charge is 0.279 e. The monoisotopic (exact) mass is 484 g/mol. The Morgan fingerprint density at radius 1 is 0.967 bits per heavy atom. The summed E-state index contributed by atoms with van der Waals surface area (Å²) >= 11 is 3.44. The molecule has 1 heterocycles. The van der Waals surface area contributed by atoms with Gasteiger partial charge >= 0.3 is 0 Å². The van der Waals surface area contributed by atoms with Crippen LogP contribution in [0.2, 0.25) is 0 Å². The number of aryl methyl sites for hydroxylation is 1. The van der Waals surface area contributed by atoms with Crippen LogP contribution in [0.5, 0.6) is 5.75 Å². The quantitative estimate of drug-likeness (QED) is 0.493. The highest BCUT2D eigenvalue weighted by Gasteiger charge is 2.37. The van der Waals surface area contributed by atoms with Crippen molar-refractivity contribution in [2.45, 2.75) is 24.3 Å². The Hall–Kier alpha value is -2.64. The van der Waals surface area contributed by atoms with E-state index in [9.17, 15) is 8.42 Å². The Labute approximate surface area is 185 Å². The molecule has 154 valence electrons. The molecule has 1 aliphatic heterocycles. The highest BCUT2D eigenvalue weighted by Crippen LogP contribution is 2.37. The van der Waals surface area contributed by atoms with E-state index in [1.165, 1.54) is 4.41 Å². The number of benzene rings is 3. The van der Waals surface area contributed by atoms with E-state index in [0.29, 0.717) is 6.42 Å². The third kappa shape index (κ3) is 4.00. The van der Waals surface area contributed by atoms with Crippen molar-refractivity contribution in [3.05, 3.63) is 94.0 Å². The number of hydrogen-bond acceptors (Lipinski definition) is 4. The van der Waals surface area contributed by atoms with E-state index in [2.05, 4.69) is 21.0 Å². The average Bonchev–Trinajstić information content (AvgIpc) is 3.21. The largest absolute Gasteiger partial charge is 0.497 e. The Balaban J connectivity index is 1.77. The standard InChI is InChI=1S/C23H21BrN2O3S/c1-16-3-13-21(14-4-16)30(27,28)26-23(18-5-9-19(24)10-6-18)15-22(25-26)17-7-11-20(29-2)12-8-17/h3-14,23H,15H2,1-2H3/t23-/m0/s1. The maximum absolute atomic E-state index is 13.5. The number of nitrogens with zero attached hydrogens (tertiary/aromatic N) is 2. The molecule has 0 spiro atoms. The van der Waals surface area contributed by atoms with Gasteiger partial charge in [-0.2, -0.15) is 17.9 Å². The Bertz CT molecular complexity index is 1170. The highest BCUT2D eigenvalue weighted by atomic mass is 79.9. The topological polar surface area (TPSA) is 59.0 Å². The van der Waals surface area contributed by atoms with Gasteiger partial charge in [-0.1, -0.05) is 45.8 Å². The van der Waals surface area contributed by atoms with Crippen molar-refractivity contribution in [2.75, 3.05) is 7.11 Å². The van der Waals surface area contributed by atoms with Gasteiger partial charge < -0.3 is 4.74 Å². The second kappa shape index (κ2) is 8.24. The summed E-state index contributed by atoms with van der Waals surface area (Å²) in [5, 5.41) is 4.57. The number of hydrazone groups is 1. The highest BCUT2D eigenvalue weighted by molar-refractivity contribution is 9.10. The molecule has 0 N–H and O–H groups in total. The second-order valence-corrected chi connectivity index (χ2v) is 9.85. The zero-order valence-electron chi connectivity index (χ0n) is 16.6. The maximum Gasteiger partial charge on any atom is 0.279 e. The molecule has 0 radical (unpaired) electrons. The van der Waals surface area contributed by atoms with Crippen molar-refractivity contribution in [1.29, 1.82) is 0 Å². The minimum atomic E-state index is -3.81. The molecule has 3 aromatic carbocycles. The molecule has 0 fully saturated rings. The fourth-order valence-electron chi connectivity index (χ4n) is 3.42. The summed E-state index contributed by atoms with van der Waals surface area (Å²) in [6.07, 6.45) is 0.485. The van der Waals surface area contributed by atoms with Crippen LogP contribution in [0.25, 0.3) is 0 Å². The van der Waals surface area contributed by atoms with E-state index in [0.717, 1.165) is 32.6 Å². The number of rotatable bonds is 5. The molecular formula is C23H21BrN2O3S. The number of hydrogen-bond donors (Lipinski definition) is 0. The van der Waals surface area contributed by atoms with E-state index in [4.69, 9.17) is 4.74 Å². The predicted octanol–water partition coefficient (Wildman–Crippen LogP) is 5.31. The first-order valence-electron chi connectivity index (χ1n) is 9.47. The van der Waals surface area contributed by atoms with E-state index in [1.807, 2.05) is 55.5 Å². The minimum absolute atomic E-state index is 0.231. The summed E-state index contributed by atoms with van der Waals surface area (Å²) in [5.74, 6) is 0.742. The van der Waals surface area contributed by atoms with Gasteiger partial charge in [0.1, 0.15) is 5.75 Å². The molecule has 7 heteroatoms. The van der Waals surface area contributed by atoms with Crippen LogP contribution in [0.4, 0.5) is 0 Å². The van der Waals surface area contributed by atoms with Gasteiger partial charge in [0.15, 0.2) is 0 Å². The Morgan fingerprint density at radius 3 is 2.20 bits per heavy atom. The van der Waals surface area contributed by atoms with Crippen LogP contribution in [0.15, 0.2) is 87.3 Å². The van der Waals surface area contributed by atoms with Gasteiger partial charge in [-0.25, -0.2) is 0 Å². The summed E-state index contributed by atoms with van der Waals surface area (Å²) in [4.78, 5) is 0.231. The summed E-state index contributed by atoms with van der Waals surface area (Å²) in [6, 6.07) is 21.6. The number of sulfonamides is 1. The normalized spacial score (nSPS) is 16.4. The molecule has 5 nitrogen and oxygen atoms in total. The van der Waals surface area contributed by atoms with Gasteiger partial charge in [0, 0.05) is 10.9 Å². The number of methoxy groups -OCH3 is 1. The molecule has 0 saturated carbocycles. The summed E-state index contributed by atoms with van der Waals surface area (Å²) in [7, 11) is -2.19. The third-order valence-corrected chi connectivity index (χ3v) is 7.34. The van der Waals surface area contributed by atoms with Crippen molar-refractivity contribution < 1.29 is 13.2 Å². The summed E-state index contributed by atoms with van der Waals surface area (Å²) in [5.41, 5.74) is 3.49. The van der Waals surface area contributed by atoms with Gasteiger partial charge in [0.05, 0.1) is 23.8 Å². The minimum Gasteiger partial charge on any atom is -0.497 e. The van der Waals surface area contributed by atoms with Crippen molar-refractivity contribution in [3.63, 3.8) is 0 Å². The average molecular weight is 485 g/mol. The molecule has 0 aromatic heterocycles. The molecule has 30 heavy (non-hydrogen) atoms. The van der Waals surface area contributed by atoms with Crippen LogP contribution in [-0.4, -0.2) is 25.7 Å². The molecule has 0 aliphatic carbocycles. The third-order valence-electron chi connectivity index (χ3n) is 5.12. The molecule has 1 aliphatic rings. The van der Waals surface area contributed by atoms with Gasteiger partial charge in [-0.05, 0) is 66.6 Å². The fourth-order valence-corrected chi connectivity index (χ4v) is 5.12. The Morgan fingerprint density at radius 2 is 1.60 bits per heavy atom. The molecule has 0 saturated heterocycles. The van der Waals surface area contributed by atoms with Gasteiger partial charge in [0.25, 0.3) is 10.0 Å². The molecule has 1 atom stereocenters. The van der Waals surface area contributed by atoms with Crippen LogP contribution < -0.4 is 4.74 Å². The zero-order chi connectivity index (χ0) is 21.3. The second-order valence-electron chi connectivity index (χ2n) is 7.14. The number of halogens is 1. The van der Waals surface area contributed by atoms with E-state index in [1.54, 1.807) is 31.4 Å². The molecule has 0 unspecified atom stereocenters. The van der Waals surface area contributed by atoms with E-state index < -0.39 is 16.1 Å². The lowest BCUT2D eigenvalue weighted by molar-refractivity contribution is 0.371. The van der Waals surface area contributed by atoms with Gasteiger partial charge in [-0.15, -0.1) is 0 Å². The SMILES string of the molecule is COc1ccc(C2=NN(S(=O)(=O)c3ccc(C)cc3)[C@H](c3ccc(Br)cc3)C2)cc1. The maximum atomic E-state index is 13.5. The van der Waals surface area contributed by atoms with Crippen molar-refractivity contribution in [3.8, 4) is 5.75 Å². The summed E-state index contributed by atoms with van der Waals surface area (Å²) < 4.78 is 34.3. The van der Waals surface area contributed by atoms with Gasteiger partial charge in [-0.3, -0.25) is 0 Å². The first-order valence-corrected chi connectivity index (χ1v) is 11.7. The first-order chi connectivity index (χ1) is 14.4. The molecule has 4 rings (SSSR count). The fraction of sp³-hybridized carbons (Fsp3) is 0.174. The van der Waals surface area contributed by atoms with Crippen LogP contribution in [-0.2, 0) is 10.0 Å². The lowest BCUT2D eigenvalue weighted by Gasteiger charge is -2.23. The zero-order valence-corrected chi connectivity index (χ0v) is 19.0. The molecule has 0 amide bonds. The van der Waals surface area contributed by atoms with Crippen LogP contribution in [0.3, 0.4) is 0 Å². The van der Waals surface area contributed by atoms with E-state index in [-0.39, 0.29) is 4.90 Å². The molecule has 0 bridgehead atoms. The first kappa shape index (κ1) is 20.6. The predicted molar refractivity (Wildman–Crippen MR) is 121 cm³/mol. The van der Waals surface area contributed by atoms with Crippen LogP contribution >= 0.6 is 15.9 Å². The lowest BCUT2D eigenvalue weighted by Crippen LogP contribution is -2.27. The summed E-state index contributed by atoms with van der Waals surface area (Å²) in [6.45, 7) is 1.93. The van der Waals surface area contributed by atoms with Crippen molar-refractivity contribution in [2.24, 2.45) is 5.10 Å². The molecular weight excluding hydrogens is 464 g/mol. The number of ether oxygens (including phenoxy) is 1. The molecule has 3 aromatic rings. The van der Waals surface area contributed by atoms with Crippen molar-refractivity contribution >= 4 is 31.7 Å². The van der Waals surface area contributed by atoms with Crippen LogP contribution in [0.1, 0.15) is 29.2 Å². The lowest BCUT2D eigenvalue weighted by atomic mass is 9.99. The van der Waals surface area contributed by atoms with E-state index >= 15 is 0 Å².